The molecule has 3 rings (SSSR count). The number of amides is 1. The molecule has 0 aliphatic carbocycles. The van der Waals surface area contributed by atoms with Crippen molar-refractivity contribution in [1.82, 2.24) is 9.80 Å². The molecule has 2 fully saturated rings. The summed E-state index contributed by atoms with van der Waals surface area (Å²) in [6, 6.07) is 11.6. The van der Waals surface area contributed by atoms with E-state index in [0.717, 1.165) is 19.6 Å². The molecule has 2 bridgehead atoms. The second-order valence-corrected chi connectivity index (χ2v) is 6.40. The minimum absolute atomic E-state index is 0.316. The van der Waals surface area contributed by atoms with Crippen molar-refractivity contribution < 1.29 is 4.79 Å². The van der Waals surface area contributed by atoms with Gasteiger partial charge >= 0.3 is 0 Å². The van der Waals surface area contributed by atoms with Gasteiger partial charge in [-0.1, -0.05) is 55.8 Å². The first-order valence-corrected chi connectivity index (χ1v) is 8.53. The van der Waals surface area contributed by atoms with E-state index < -0.39 is 0 Å². The van der Waals surface area contributed by atoms with E-state index in [9.17, 15) is 4.79 Å². The monoisotopic (exact) mass is 298 g/mol. The number of fused-ring (bicyclic) bond motifs is 2. The lowest BCUT2D eigenvalue weighted by Gasteiger charge is -2.50. The fourth-order valence-electron chi connectivity index (χ4n) is 3.79. The first-order chi connectivity index (χ1) is 10.8. The molecular formula is C19H26N2O. The van der Waals surface area contributed by atoms with Crippen molar-refractivity contribution >= 4 is 12.0 Å². The van der Waals surface area contributed by atoms with Crippen LogP contribution in [0.3, 0.4) is 0 Å². The minimum Gasteiger partial charge on any atom is -0.340 e. The van der Waals surface area contributed by atoms with Gasteiger partial charge in [0.05, 0.1) is 0 Å². The molecule has 2 saturated heterocycles. The van der Waals surface area contributed by atoms with E-state index in [1.165, 1.54) is 24.8 Å². The van der Waals surface area contributed by atoms with Crippen LogP contribution in [-0.4, -0.2) is 47.4 Å². The fraction of sp³-hybridized carbons (Fsp3) is 0.526. The van der Waals surface area contributed by atoms with E-state index in [1.54, 1.807) is 0 Å². The van der Waals surface area contributed by atoms with Gasteiger partial charge in [-0.15, -0.1) is 0 Å². The highest BCUT2D eigenvalue weighted by atomic mass is 16.2. The van der Waals surface area contributed by atoms with Gasteiger partial charge < -0.3 is 4.90 Å². The highest BCUT2D eigenvalue weighted by Crippen LogP contribution is 2.28. The van der Waals surface area contributed by atoms with Gasteiger partial charge in [-0.05, 0) is 18.4 Å². The molecule has 0 radical (unpaired) electrons. The van der Waals surface area contributed by atoms with Crippen LogP contribution in [0.15, 0.2) is 36.4 Å². The SMILES string of the molecule is CCC(=O)N1C[C@H]2CCC[C@@H](C1)N2C/C=C/c1ccccc1. The normalized spacial score (nSPS) is 25.6. The van der Waals surface area contributed by atoms with Crippen molar-refractivity contribution in [3.8, 4) is 0 Å². The molecule has 2 aliphatic heterocycles. The number of hydrogen-bond acceptors (Lipinski definition) is 2. The molecule has 0 spiro atoms. The number of carbonyl (C=O) groups excluding carboxylic acids is 1. The number of piperazine rings is 1. The Kier molecular flexibility index (Phi) is 4.94. The van der Waals surface area contributed by atoms with E-state index in [2.05, 4.69) is 46.2 Å². The second-order valence-electron chi connectivity index (χ2n) is 6.40. The van der Waals surface area contributed by atoms with Gasteiger partial charge in [0.2, 0.25) is 5.91 Å². The van der Waals surface area contributed by atoms with Crippen LogP contribution in [0, 0.1) is 0 Å². The summed E-state index contributed by atoms with van der Waals surface area (Å²) in [7, 11) is 0. The van der Waals surface area contributed by atoms with Gasteiger partial charge in [-0.3, -0.25) is 9.69 Å². The number of benzene rings is 1. The van der Waals surface area contributed by atoms with Crippen LogP contribution in [0.1, 0.15) is 38.2 Å². The Hall–Kier alpha value is -1.61. The van der Waals surface area contributed by atoms with Crippen molar-refractivity contribution in [3.63, 3.8) is 0 Å². The molecule has 1 aromatic carbocycles. The molecule has 2 atom stereocenters. The summed E-state index contributed by atoms with van der Waals surface area (Å²) in [5.41, 5.74) is 1.26. The van der Waals surface area contributed by atoms with Gasteiger partial charge in [-0.2, -0.15) is 0 Å². The van der Waals surface area contributed by atoms with E-state index in [-0.39, 0.29) is 0 Å². The summed E-state index contributed by atoms with van der Waals surface area (Å²) < 4.78 is 0. The number of rotatable bonds is 4. The van der Waals surface area contributed by atoms with Crippen LogP contribution in [0.2, 0.25) is 0 Å². The molecule has 2 heterocycles. The zero-order chi connectivity index (χ0) is 15.4. The van der Waals surface area contributed by atoms with Gasteiger partial charge in [0.15, 0.2) is 0 Å². The van der Waals surface area contributed by atoms with Gasteiger partial charge in [0.1, 0.15) is 0 Å². The molecule has 1 aromatic rings. The minimum atomic E-state index is 0.316. The summed E-state index contributed by atoms with van der Waals surface area (Å²) in [5.74, 6) is 0.316. The maximum absolute atomic E-state index is 12.0. The van der Waals surface area contributed by atoms with Crippen LogP contribution in [-0.2, 0) is 4.79 Å². The van der Waals surface area contributed by atoms with Crippen LogP contribution in [0.4, 0.5) is 0 Å². The average Bonchev–Trinajstić information content (AvgIpc) is 2.54. The molecule has 1 amide bonds. The topological polar surface area (TPSA) is 23.6 Å². The molecule has 3 nitrogen and oxygen atoms in total. The summed E-state index contributed by atoms with van der Waals surface area (Å²) in [6.45, 7) is 4.80. The third-order valence-electron chi connectivity index (χ3n) is 4.96. The van der Waals surface area contributed by atoms with E-state index in [1.807, 2.05) is 13.0 Å². The first kappa shape index (κ1) is 15.3. The summed E-state index contributed by atoms with van der Waals surface area (Å²) in [5, 5.41) is 0. The predicted molar refractivity (Wildman–Crippen MR) is 90.5 cm³/mol. The molecule has 0 N–H and O–H groups in total. The molecule has 0 unspecified atom stereocenters. The Morgan fingerprint density at radius 2 is 1.86 bits per heavy atom. The number of piperidine rings is 1. The Morgan fingerprint density at radius 1 is 1.18 bits per heavy atom. The Balaban J connectivity index is 1.62. The van der Waals surface area contributed by atoms with Gasteiger partial charge in [0, 0.05) is 38.1 Å². The van der Waals surface area contributed by atoms with Crippen LogP contribution in [0.5, 0.6) is 0 Å². The highest BCUT2D eigenvalue weighted by molar-refractivity contribution is 5.76. The zero-order valence-corrected chi connectivity index (χ0v) is 13.4. The Labute approximate surface area is 133 Å². The third-order valence-corrected chi connectivity index (χ3v) is 4.96. The lowest BCUT2D eigenvalue weighted by Crippen LogP contribution is -2.61. The summed E-state index contributed by atoms with van der Waals surface area (Å²) in [6.07, 6.45) is 8.87. The molecule has 118 valence electrons. The molecule has 22 heavy (non-hydrogen) atoms. The molecule has 0 aromatic heterocycles. The smallest absolute Gasteiger partial charge is 0.222 e. The van der Waals surface area contributed by atoms with Crippen molar-refractivity contribution in [3.05, 3.63) is 42.0 Å². The lowest BCUT2D eigenvalue weighted by molar-refractivity contribution is -0.136. The molecule has 0 saturated carbocycles. The van der Waals surface area contributed by atoms with Crippen molar-refractivity contribution in [2.75, 3.05) is 19.6 Å². The predicted octanol–water partition coefficient (Wildman–Crippen LogP) is 3.18. The first-order valence-electron chi connectivity index (χ1n) is 8.53. The van der Waals surface area contributed by atoms with Crippen molar-refractivity contribution in [2.24, 2.45) is 0 Å². The zero-order valence-electron chi connectivity index (χ0n) is 13.4. The van der Waals surface area contributed by atoms with Crippen molar-refractivity contribution in [1.29, 1.82) is 0 Å². The maximum Gasteiger partial charge on any atom is 0.222 e. The van der Waals surface area contributed by atoms with E-state index in [0.29, 0.717) is 24.4 Å². The Bertz CT molecular complexity index is 511. The van der Waals surface area contributed by atoms with E-state index in [4.69, 9.17) is 0 Å². The lowest BCUT2D eigenvalue weighted by atomic mass is 9.91. The van der Waals surface area contributed by atoms with Gasteiger partial charge in [0.25, 0.3) is 0 Å². The summed E-state index contributed by atoms with van der Waals surface area (Å²) >= 11 is 0. The quantitative estimate of drug-likeness (QED) is 0.852. The van der Waals surface area contributed by atoms with E-state index >= 15 is 0 Å². The molecule has 2 aliphatic rings. The number of likely N-dealkylation sites (tertiary alicyclic amines) is 1. The summed E-state index contributed by atoms with van der Waals surface area (Å²) in [4.78, 5) is 16.7. The number of hydrogen-bond donors (Lipinski definition) is 0. The van der Waals surface area contributed by atoms with Crippen LogP contribution >= 0.6 is 0 Å². The fourth-order valence-corrected chi connectivity index (χ4v) is 3.79. The van der Waals surface area contributed by atoms with Crippen LogP contribution in [0.25, 0.3) is 6.08 Å². The van der Waals surface area contributed by atoms with Gasteiger partial charge in [-0.25, -0.2) is 0 Å². The number of carbonyl (C=O) groups is 1. The standard InChI is InChI=1S/C19H26N2O/c1-2-19(22)20-14-17-11-6-12-18(15-20)21(17)13-7-10-16-8-4-3-5-9-16/h3-5,7-10,17-18H,2,6,11-15H2,1H3/b10-7+/t17-,18+. The third kappa shape index (κ3) is 3.41. The maximum atomic E-state index is 12.0. The largest absolute Gasteiger partial charge is 0.340 e. The molecular weight excluding hydrogens is 272 g/mol. The number of nitrogens with zero attached hydrogens (tertiary/aromatic N) is 2. The van der Waals surface area contributed by atoms with Crippen LogP contribution < -0.4 is 0 Å². The highest BCUT2D eigenvalue weighted by Gasteiger charge is 2.37. The molecule has 3 heteroatoms. The Morgan fingerprint density at radius 3 is 2.50 bits per heavy atom. The second kappa shape index (κ2) is 7.10. The average molecular weight is 298 g/mol. The van der Waals surface area contributed by atoms with Crippen molar-refractivity contribution in [2.45, 2.75) is 44.7 Å².